The summed E-state index contributed by atoms with van der Waals surface area (Å²) >= 11 is 9.54. The molecule has 0 saturated carbocycles. The number of aryl methyl sites for hydroxylation is 3. The van der Waals surface area contributed by atoms with Crippen molar-refractivity contribution in [3.63, 3.8) is 0 Å². The topological polar surface area (TPSA) is 41.8 Å². The van der Waals surface area contributed by atoms with Crippen molar-refractivity contribution in [1.82, 2.24) is 0 Å². The molecule has 3 nitrogen and oxygen atoms in total. The molecule has 1 N–H and O–H groups in total. The molecule has 0 aliphatic rings. The molecule has 0 fully saturated rings. The van der Waals surface area contributed by atoms with E-state index in [1.807, 2.05) is 26.0 Å². The summed E-state index contributed by atoms with van der Waals surface area (Å²) in [7, 11) is 1.46. The summed E-state index contributed by atoms with van der Waals surface area (Å²) < 4.78 is 42.5. The van der Waals surface area contributed by atoms with E-state index in [9.17, 15) is 13.2 Å². The molecule has 3 aromatic carbocycles. The van der Waals surface area contributed by atoms with Crippen LogP contribution in [0.3, 0.4) is 0 Å². The van der Waals surface area contributed by atoms with E-state index in [1.54, 1.807) is 31.2 Å². The van der Waals surface area contributed by atoms with Crippen molar-refractivity contribution in [2.75, 3.05) is 7.11 Å². The molecule has 0 aliphatic carbocycles. The Balaban J connectivity index is -0.000000399. The van der Waals surface area contributed by atoms with Gasteiger partial charge in [-0.1, -0.05) is 41.6 Å². The third kappa shape index (κ3) is 19.8. The molecule has 0 radical (unpaired) electrons. The Hall–Kier alpha value is 1.10. The summed E-state index contributed by atoms with van der Waals surface area (Å²) in [4.78, 5) is 0. The number of nitrogens with zero attached hydrogens (tertiary/aromatic N) is 1. The van der Waals surface area contributed by atoms with Crippen LogP contribution in [0.2, 0.25) is 0 Å². The molecule has 0 amide bonds. The standard InChI is InChI=1S/C8H8FNO.C8H9FO.C7H7F.I3.I2.HI/c1-6-3-2-4-8(9)7(6)5-10-11;1-6-4-3-5-7(9)8(6)10-2;1-6-3-2-4-7(8)5-6;1-3-2;1-2;/h2-5,11H,1H3;3-5H,1-2H3;2-5H,1H3;;;1H/q;;;-1;;/b10-5+;;;;;. The Labute approximate surface area is 275 Å². The van der Waals surface area contributed by atoms with Crippen LogP contribution in [-0.4, -0.2) is 18.5 Å². The van der Waals surface area contributed by atoms with Crippen LogP contribution in [-0.2, 0) is 0 Å². The third-order valence-corrected chi connectivity index (χ3v) is 3.81. The van der Waals surface area contributed by atoms with E-state index in [1.165, 1.54) is 31.4 Å². The van der Waals surface area contributed by atoms with E-state index in [0.29, 0.717) is 24.6 Å². The van der Waals surface area contributed by atoms with Gasteiger partial charge >= 0.3 is 50.5 Å². The summed E-state index contributed by atoms with van der Waals surface area (Å²) in [5.41, 5.74) is 2.87. The zero-order chi connectivity index (χ0) is 26.5. The van der Waals surface area contributed by atoms with Crippen molar-refractivity contribution in [1.29, 1.82) is 0 Å². The van der Waals surface area contributed by atoms with E-state index in [4.69, 9.17) is 9.94 Å². The van der Waals surface area contributed by atoms with E-state index >= 15 is 0 Å². The number of rotatable bonds is 2. The van der Waals surface area contributed by atoms with Crippen LogP contribution in [0.4, 0.5) is 13.2 Å². The molecule has 35 heavy (non-hydrogen) atoms. The number of hydrogen-bond donors (Lipinski definition) is 1. The fourth-order valence-corrected chi connectivity index (χ4v) is 2.35. The summed E-state index contributed by atoms with van der Waals surface area (Å²) in [5, 5.41) is 10.9. The number of para-hydroxylation sites is 1. The minimum atomic E-state index is -0.372. The van der Waals surface area contributed by atoms with Gasteiger partial charge in [-0.2, -0.15) is 0 Å². The van der Waals surface area contributed by atoms with Crippen molar-refractivity contribution in [2.45, 2.75) is 20.8 Å². The summed E-state index contributed by atoms with van der Waals surface area (Å²) in [6.45, 7) is 5.42. The molecule has 3 aromatic rings. The van der Waals surface area contributed by atoms with E-state index < -0.39 is 0 Å². The molecule has 3 rings (SSSR count). The van der Waals surface area contributed by atoms with Gasteiger partial charge in [0, 0.05) is 42.8 Å². The normalized spacial score (nSPS) is 9.00. The number of oxime groups is 1. The van der Waals surface area contributed by atoms with Gasteiger partial charge in [0.2, 0.25) is 0 Å². The van der Waals surface area contributed by atoms with Gasteiger partial charge in [-0.3, -0.25) is 0 Å². The van der Waals surface area contributed by atoms with Crippen LogP contribution in [0.25, 0.3) is 0 Å². The number of benzene rings is 3. The van der Waals surface area contributed by atoms with Crippen molar-refractivity contribution >= 4 is 105 Å². The average molecular weight is 1170 g/mol. The summed E-state index contributed by atoms with van der Waals surface area (Å²) in [6.07, 6.45) is 1.09. The molecule has 0 heterocycles. The average Bonchev–Trinajstić information content (AvgIpc) is 2.79. The molecule has 0 aromatic heterocycles. The fourth-order valence-electron chi connectivity index (χ4n) is 2.35. The van der Waals surface area contributed by atoms with Crippen molar-refractivity contribution in [3.05, 3.63) is 100 Å². The van der Waals surface area contributed by atoms with Crippen LogP contribution in [0.15, 0.2) is 65.8 Å². The van der Waals surface area contributed by atoms with Gasteiger partial charge in [-0.05, 0) is 61.7 Å². The molecular formula is C23H25F3I6NO2-. The summed E-state index contributed by atoms with van der Waals surface area (Å²) in [5.74, 6) is -0.502. The Morgan fingerprint density at radius 1 is 0.857 bits per heavy atom. The second-order valence-electron chi connectivity index (χ2n) is 6.16. The van der Waals surface area contributed by atoms with Crippen molar-refractivity contribution < 1.29 is 36.4 Å². The fraction of sp³-hybridized carbons (Fsp3) is 0.174. The quantitative estimate of drug-likeness (QED) is 0.126. The Morgan fingerprint density at radius 2 is 1.34 bits per heavy atom. The van der Waals surface area contributed by atoms with Crippen LogP contribution >= 0.6 is 98.4 Å². The van der Waals surface area contributed by atoms with Gasteiger partial charge in [0.15, 0.2) is 11.6 Å². The molecule has 0 aliphatic heterocycles. The molecule has 12 heteroatoms. The zero-order valence-corrected chi connectivity index (χ0v) is 32.2. The van der Waals surface area contributed by atoms with Crippen LogP contribution < -0.4 is 18.0 Å². The first-order valence-electron chi connectivity index (χ1n) is 9.16. The van der Waals surface area contributed by atoms with Gasteiger partial charge < -0.3 is 9.94 Å². The summed E-state index contributed by atoms with van der Waals surface area (Å²) in [6, 6.07) is 16.0. The first kappa shape index (κ1) is 40.6. The number of hydrogen-bond acceptors (Lipinski definition) is 3. The van der Waals surface area contributed by atoms with Crippen molar-refractivity contribution in [3.8, 4) is 5.75 Å². The maximum atomic E-state index is 12.8. The van der Waals surface area contributed by atoms with Crippen LogP contribution in [0.1, 0.15) is 22.3 Å². The molecular weight excluding hydrogens is 1140 g/mol. The zero-order valence-electron chi connectivity index (χ0n) is 19.1. The van der Waals surface area contributed by atoms with E-state index in [0.717, 1.165) is 22.9 Å². The molecule has 0 unspecified atom stereocenters. The van der Waals surface area contributed by atoms with Crippen molar-refractivity contribution in [2.24, 2.45) is 5.16 Å². The molecule has 0 saturated heterocycles. The number of methoxy groups -OCH3 is 1. The Bertz CT molecular complexity index is 924. The second-order valence-corrected chi connectivity index (χ2v) is 22.4. The molecule has 0 atom stereocenters. The maximum absolute atomic E-state index is 12.8. The van der Waals surface area contributed by atoms with Gasteiger partial charge in [0.1, 0.15) is 11.6 Å². The Morgan fingerprint density at radius 3 is 1.69 bits per heavy atom. The van der Waals surface area contributed by atoms with Gasteiger partial charge in [-0.25, -0.2) is 13.2 Å². The van der Waals surface area contributed by atoms with Gasteiger partial charge in [0.05, 0.1) is 13.3 Å². The predicted octanol–water partition coefficient (Wildman–Crippen LogP) is 7.38. The third-order valence-electron chi connectivity index (χ3n) is 3.81. The van der Waals surface area contributed by atoms with Gasteiger partial charge in [0.25, 0.3) is 0 Å². The first-order valence-corrected chi connectivity index (χ1v) is 28.0. The van der Waals surface area contributed by atoms with E-state index in [2.05, 4.69) is 79.6 Å². The molecule has 198 valence electrons. The number of ether oxygens (including phenoxy) is 1. The SMILES string of the molecule is COc1c(C)cccc1F.Cc1cccc(F)c1.Cc1cccc(F)c1/C=N/O.I.II.I[I-]I. The second kappa shape index (κ2) is 26.7. The first-order chi connectivity index (χ1) is 16.2. The Kier molecular flexibility index (Phi) is 31.0. The monoisotopic (exact) mass is 1170 g/mol. The minimum absolute atomic E-state index is 0. The van der Waals surface area contributed by atoms with E-state index in [-0.39, 0.29) is 41.4 Å². The van der Waals surface area contributed by atoms with Crippen LogP contribution in [0, 0.1) is 38.2 Å². The molecule has 0 spiro atoms. The number of halogens is 9. The predicted molar refractivity (Wildman–Crippen MR) is 181 cm³/mol. The van der Waals surface area contributed by atoms with Crippen LogP contribution in [0.5, 0.6) is 5.75 Å². The van der Waals surface area contributed by atoms with Gasteiger partial charge in [-0.15, -0.1) is 24.0 Å². The molecule has 0 bridgehead atoms.